The molecule has 0 saturated heterocycles. The van der Waals surface area contributed by atoms with E-state index in [9.17, 15) is 13.2 Å². The predicted octanol–water partition coefficient (Wildman–Crippen LogP) is 1.66. The fourth-order valence-corrected chi connectivity index (χ4v) is 0.826. The maximum Gasteiger partial charge on any atom is 0.490 e. The zero-order chi connectivity index (χ0) is 12.9. The normalized spacial score (nSPS) is 10.5. The summed E-state index contributed by atoms with van der Waals surface area (Å²) in [5, 5.41) is 8.10. The Bertz CT molecular complexity index is 451. The quantitative estimate of drug-likeness (QED) is 0.763. The number of rotatable bonds is 0. The van der Waals surface area contributed by atoms with Crippen molar-refractivity contribution in [1.29, 1.82) is 0 Å². The third-order valence-corrected chi connectivity index (χ3v) is 1.55. The standard InChI is InChI=1S/C7H5N3.C2HF3O2/c1-2-8-3-6-4-9-5-10-7(1)6;3-2(4,5)1(6)7/h1-5H;(H,6,7). The molecule has 17 heavy (non-hydrogen) atoms. The van der Waals surface area contributed by atoms with Gasteiger partial charge in [-0.15, -0.1) is 0 Å². The van der Waals surface area contributed by atoms with Crippen LogP contribution in [-0.2, 0) is 4.79 Å². The van der Waals surface area contributed by atoms with E-state index in [1.807, 2.05) is 6.07 Å². The lowest BCUT2D eigenvalue weighted by molar-refractivity contribution is -0.192. The first kappa shape index (κ1) is 12.8. The van der Waals surface area contributed by atoms with Crippen molar-refractivity contribution in [3.05, 3.63) is 31.0 Å². The van der Waals surface area contributed by atoms with Gasteiger partial charge in [0, 0.05) is 24.0 Å². The van der Waals surface area contributed by atoms with Gasteiger partial charge < -0.3 is 5.11 Å². The van der Waals surface area contributed by atoms with Crippen LogP contribution >= 0.6 is 0 Å². The maximum absolute atomic E-state index is 10.6. The average molecular weight is 245 g/mol. The van der Waals surface area contributed by atoms with Crippen molar-refractivity contribution >= 4 is 16.9 Å². The number of hydrogen-bond donors (Lipinski definition) is 1. The number of carbonyl (C=O) groups is 1. The smallest absolute Gasteiger partial charge is 0.475 e. The number of carboxylic acids is 1. The molecule has 90 valence electrons. The third kappa shape index (κ3) is 4.01. The van der Waals surface area contributed by atoms with Crippen LogP contribution in [0.3, 0.4) is 0 Å². The number of nitrogens with zero attached hydrogens (tertiary/aromatic N) is 3. The Morgan fingerprint density at radius 3 is 2.35 bits per heavy atom. The highest BCUT2D eigenvalue weighted by atomic mass is 19.4. The number of pyridine rings is 1. The van der Waals surface area contributed by atoms with Gasteiger partial charge >= 0.3 is 12.1 Å². The van der Waals surface area contributed by atoms with Crippen LogP contribution in [0.2, 0.25) is 0 Å². The van der Waals surface area contributed by atoms with Gasteiger partial charge in [-0.2, -0.15) is 13.2 Å². The number of halogens is 3. The Kier molecular flexibility index (Phi) is 3.91. The molecule has 2 rings (SSSR count). The third-order valence-electron chi connectivity index (χ3n) is 1.55. The first-order valence-electron chi connectivity index (χ1n) is 4.21. The molecule has 0 aromatic carbocycles. The van der Waals surface area contributed by atoms with Crippen LogP contribution < -0.4 is 0 Å². The summed E-state index contributed by atoms with van der Waals surface area (Å²) < 4.78 is 31.7. The van der Waals surface area contributed by atoms with Gasteiger partial charge in [0.15, 0.2) is 0 Å². The van der Waals surface area contributed by atoms with Crippen LogP contribution in [0.15, 0.2) is 31.0 Å². The number of alkyl halides is 3. The molecule has 0 saturated carbocycles. The summed E-state index contributed by atoms with van der Waals surface area (Å²) in [4.78, 5) is 20.7. The second kappa shape index (κ2) is 5.19. The molecule has 0 bridgehead atoms. The highest BCUT2D eigenvalue weighted by Gasteiger charge is 2.38. The minimum atomic E-state index is -5.08. The van der Waals surface area contributed by atoms with Crippen molar-refractivity contribution in [1.82, 2.24) is 15.0 Å². The second-order valence-corrected chi connectivity index (χ2v) is 2.76. The summed E-state index contributed by atoms with van der Waals surface area (Å²) in [7, 11) is 0. The summed E-state index contributed by atoms with van der Waals surface area (Å²) in [5.41, 5.74) is 0.935. The van der Waals surface area contributed by atoms with Crippen LogP contribution in [0.25, 0.3) is 10.9 Å². The summed E-state index contributed by atoms with van der Waals surface area (Å²) >= 11 is 0. The van der Waals surface area contributed by atoms with E-state index in [4.69, 9.17) is 9.90 Å². The van der Waals surface area contributed by atoms with Crippen LogP contribution in [0.4, 0.5) is 13.2 Å². The number of hydrogen-bond acceptors (Lipinski definition) is 4. The SMILES string of the molecule is O=C(O)C(F)(F)F.c1cc2ncncc2cn1. The molecule has 0 aliphatic heterocycles. The molecule has 2 aromatic heterocycles. The lowest BCUT2D eigenvalue weighted by atomic mass is 10.3. The van der Waals surface area contributed by atoms with Gasteiger partial charge in [0.2, 0.25) is 0 Å². The maximum atomic E-state index is 10.6. The predicted molar refractivity (Wildman–Crippen MR) is 51.0 cm³/mol. The Morgan fingerprint density at radius 2 is 1.82 bits per heavy atom. The van der Waals surface area contributed by atoms with Crippen molar-refractivity contribution < 1.29 is 23.1 Å². The molecule has 0 fully saturated rings. The van der Waals surface area contributed by atoms with Crippen LogP contribution in [-0.4, -0.2) is 32.2 Å². The Morgan fingerprint density at radius 1 is 1.24 bits per heavy atom. The minimum Gasteiger partial charge on any atom is -0.475 e. The average Bonchev–Trinajstić information content (AvgIpc) is 2.29. The van der Waals surface area contributed by atoms with Crippen molar-refractivity contribution in [2.45, 2.75) is 6.18 Å². The largest absolute Gasteiger partial charge is 0.490 e. The fraction of sp³-hybridized carbons (Fsp3) is 0.111. The van der Waals surface area contributed by atoms with Gasteiger partial charge in [-0.1, -0.05) is 0 Å². The monoisotopic (exact) mass is 245 g/mol. The van der Waals surface area contributed by atoms with Crippen LogP contribution in [0.1, 0.15) is 0 Å². The molecule has 0 radical (unpaired) electrons. The molecule has 0 amide bonds. The summed E-state index contributed by atoms with van der Waals surface area (Å²) in [6.07, 6.45) is 1.66. The molecule has 2 heterocycles. The summed E-state index contributed by atoms with van der Waals surface area (Å²) in [6.45, 7) is 0. The topological polar surface area (TPSA) is 76.0 Å². The highest BCUT2D eigenvalue weighted by molar-refractivity contribution is 5.75. The van der Waals surface area contributed by atoms with Crippen molar-refractivity contribution in [3.8, 4) is 0 Å². The molecule has 0 aliphatic rings. The Hall–Kier alpha value is -2.25. The van der Waals surface area contributed by atoms with Gasteiger partial charge in [0.25, 0.3) is 0 Å². The molecule has 5 nitrogen and oxygen atoms in total. The lowest BCUT2D eigenvalue weighted by Gasteiger charge is -1.93. The van der Waals surface area contributed by atoms with E-state index < -0.39 is 12.1 Å². The fourth-order valence-electron chi connectivity index (χ4n) is 0.826. The number of carboxylic acid groups (broad SMARTS) is 1. The van der Waals surface area contributed by atoms with Crippen molar-refractivity contribution in [2.75, 3.05) is 0 Å². The molecule has 8 heteroatoms. The Labute approximate surface area is 93.0 Å². The van der Waals surface area contributed by atoms with E-state index in [2.05, 4.69) is 15.0 Å². The molecule has 1 N–H and O–H groups in total. The summed E-state index contributed by atoms with van der Waals surface area (Å²) in [5.74, 6) is -2.76. The zero-order valence-electron chi connectivity index (χ0n) is 8.22. The van der Waals surface area contributed by atoms with Gasteiger partial charge in [-0.25, -0.2) is 14.8 Å². The molecular weight excluding hydrogens is 239 g/mol. The second-order valence-electron chi connectivity index (χ2n) is 2.76. The number of aromatic nitrogens is 3. The molecule has 0 spiro atoms. The van der Waals surface area contributed by atoms with E-state index in [0.29, 0.717) is 0 Å². The zero-order valence-corrected chi connectivity index (χ0v) is 8.22. The van der Waals surface area contributed by atoms with Gasteiger partial charge in [0.05, 0.1) is 5.52 Å². The first-order chi connectivity index (χ1) is 7.91. The van der Waals surface area contributed by atoms with Crippen LogP contribution in [0, 0.1) is 0 Å². The van der Waals surface area contributed by atoms with Gasteiger partial charge in [0.1, 0.15) is 6.33 Å². The lowest BCUT2D eigenvalue weighted by Crippen LogP contribution is -2.21. The van der Waals surface area contributed by atoms with Gasteiger partial charge in [-0.3, -0.25) is 4.98 Å². The first-order valence-corrected chi connectivity index (χ1v) is 4.21. The molecule has 0 unspecified atom stereocenters. The van der Waals surface area contributed by atoms with Gasteiger partial charge in [-0.05, 0) is 6.07 Å². The van der Waals surface area contributed by atoms with E-state index >= 15 is 0 Å². The van der Waals surface area contributed by atoms with Crippen molar-refractivity contribution in [3.63, 3.8) is 0 Å². The van der Waals surface area contributed by atoms with Crippen molar-refractivity contribution in [2.24, 2.45) is 0 Å². The molecule has 0 atom stereocenters. The van der Waals surface area contributed by atoms with E-state index in [0.717, 1.165) is 10.9 Å². The van der Waals surface area contributed by atoms with E-state index in [1.54, 1.807) is 18.6 Å². The summed E-state index contributed by atoms with van der Waals surface area (Å²) in [6, 6.07) is 1.86. The molecule has 2 aromatic rings. The van der Waals surface area contributed by atoms with Crippen LogP contribution in [0.5, 0.6) is 0 Å². The van der Waals surface area contributed by atoms with E-state index in [1.165, 1.54) is 6.33 Å². The Balaban J connectivity index is 0.000000185. The minimum absolute atomic E-state index is 0.935. The number of aliphatic carboxylic acids is 1. The highest BCUT2D eigenvalue weighted by Crippen LogP contribution is 2.13. The van der Waals surface area contributed by atoms with E-state index in [-0.39, 0.29) is 0 Å². The molecule has 0 aliphatic carbocycles. The number of fused-ring (bicyclic) bond motifs is 1. The molecular formula is C9H6F3N3O2.